The third-order valence-corrected chi connectivity index (χ3v) is 9.71. The maximum atomic E-state index is 12.8. The molecule has 44 heavy (non-hydrogen) atoms. The predicted molar refractivity (Wildman–Crippen MR) is 170 cm³/mol. The van der Waals surface area contributed by atoms with Gasteiger partial charge < -0.3 is 23.9 Å². The first kappa shape index (κ1) is 31.3. The van der Waals surface area contributed by atoms with E-state index in [1.165, 1.54) is 4.57 Å². The first-order valence-corrected chi connectivity index (χ1v) is 16.6. The summed E-state index contributed by atoms with van der Waals surface area (Å²) in [5, 5.41) is 0.675. The van der Waals surface area contributed by atoms with Crippen molar-refractivity contribution in [1.29, 1.82) is 0 Å². The Balaban J connectivity index is 1.30. The molecule has 1 amide bonds. The average Bonchev–Trinajstić information content (AvgIpc) is 3.49. The molecule has 5 rings (SSSR count). The normalized spacial score (nSPS) is 14.6. The number of piperidine rings is 1. The summed E-state index contributed by atoms with van der Waals surface area (Å²) < 4.78 is 38.8. The third kappa shape index (κ3) is 6.99. The number of ether oxygens (including phenoxy) is 2. The number of amides is 1. The number of carbonyl (C=O) groups is 1. The minimum atomic E-state index is -3.48. The van der Waals surface area contributed by atoms with Crippen LogP contribution in [0.3, 0.4) is 0 Å². The van der Waals surface area contributed by atoms with Crippen LogP contribution in [0.5, 0.6) is 11.5 Å². The molecule has 11 heteroatoms. The van der Waals surface area contributed by atoms with Crippen LogP contribution in [-0.4, -0.2) is 58.4 Å². The Hall–Kier alpha value is -4.12. The number of pyridine rings is 2. The lowest BCUT2D eigenvalue weighted by molar-refractivity contribution is 0.0181. The molecule has 0 spiro atoms. The largest absolute Gasteiger partial charge is 0.455 e. The van der Waals surface area contributed by atoms with Crippen molar-refractivity contribution in [2.24, 2.45) is 13.0 Å². The van der Waals surface area contributed by atoms with Crippen LogP contribution in [0.4, 0.5) is 4.79 Å². The maximum Gasteiger partial charge on any atom is 0.410 e. The van der Waals surface area contributed by atoms with Crippen LogP contribution < -0.4 is 10.3 Å². The number of likely N-dealkylation sites (tertiary alicyclic amines) is 1. The summed E-state index contributed by atoms with van der Waals surface area (Å²) in [6, 6.07) is 10.4. The van der Waals surface area contributed by atoms with Crippen molar-refractivity contribution in [2.45, 2.75) is 63.9 Å². The predicted octanol–water partition coefficient (Wildman–Crippen LogP) is 6.09. The molecule has 0 saturated carbocycles. The first-order chi connectivity index (χ1) is 20.8. The van der Waals surface area contributed by atoms with Gasteiger partial charge in [0.1, 0.15) is 22.6 Å². The van der Waals surface area contributed by atoms with Crippen LogP contribution in [0.25, 0.3) is 22.0 Å². The minimum Gasteiger partial charge on any atom is -0.455 e. The Labute approximate surface area is 257 Å². The van der Waals surface area contributed by atoms with Crippen LogP contribution in [0.15, 0.2) is 64.7 Å². The van der Waals surface area contributed by atoms with Crippen molar-refractivity contribution in [3.05, 3.63) is 71.0 Å². The van der Waals surface area contributed by atoms with E-state index in [2.05, 4.69) is 9.97 Å². The summed E-state index contributed by atoms with van der Waals surface area (Å²) in [7, 11) is -1.82. The van der Waals surface area contributed by atoms with E-state index < -0.39 is 15.4 Å². The zero-order chi connectivity index (χ0) is 31.6. The zero-order valence-electron chi connectivity index (χ0n) is 25.9. The Morgan fingerprint density at radius 1 is 1.09 bits per heavy atom. The van der Waals surface area contributed by atoms with Gasteiger partial charge in [0.25, 0.3) is 5.56 Å². The maximum absolute atomic E-state index is 12.8. The summed E-state index contributed by atoms with van der Waals surface area (Å²) in [5.74, 6) is 1.45. The summed E-state index contributed by atoms with van der Waals surface area (Å²) >= 11 is 0. The summed E-state index contributed by atoms with van der Waals surface area (Å²) in [4.78, 5) is 34.6. The lowest BCUT2D eigenvalue weighted by atomic mass is 9.91. The van der Waals surface area contributed by atoms with Gasteiger partial charge >= 0.3 is 6.09 Å². The number of aryl methyl sites for hydroxylation is 2. The molecule has 3 aromatic heterocycles. The number of aromatic amines is 1. The van der Waals surface area contributed by atoms with Gasteiger partial charge in [0, 0.05) is 54.7 Å². The molecule has 0 radical (unpaired) electrons. The van der Waals surface area contributed by atoms with E-state index in [0.29, 0.717) is 52.5 Å². The second-order valence-electron chi connectivity index (χ2n) is 12.3. The fraction of sp³-hybridized carbons (Fsp3) is 0.424. The van der Waals surface area contributed by atoms with Crippen LogP contribution in [-0.2, 0) is 28.0 Å². The van der Waals surface area contributed by atoms with Crippen molar-refractivity contribution in [3.8, 4) is 22.6 Å². The smallest absolute Gasteiger partial charge is 0.410 e. The molecule has 4 heterocycles. The monoisotopic (exact) mass is 620 g/mol. The molecular weight excluding hydrogens is 580 g/mol. The lowest BCUT2D eigenvalue weighted by Crippen LogP contribution is -2.41. The van der Waals surface area contributed by atoms with E-state index in [4.69, 9.17) is 9.47 Å². The third-order valence-electron chi connectivity index (χ3n) is 7.97. The van der Waals surface area contributed by atoms with E-state index in [1.54, 1.807) is 61.7 Å². The average molecular weight is 621 g/mol. The van der Waals surface area contributed by atoms with Gasteiger partial charge in [0.15, 0.2) is 9.84 Å². The number of fused-ring (bicyclic) bond motifs is 1. The van der Waals surface area contributed by atoms with E-state index >= 15 is 0 Å². The lowest BCUT2D eigenvalue weighted by Gasteiger charge is -2.33. The highest BCUT2D eigenvalue weighted by Crippen LogP contribution is 2.38. The standard InChI is InChI=1S/C33H40N4O6S/c1-6-44(40,41)25-11-12-29(27(19-25)28-21-36(5)31(38)30-26(28)13-16-34-30)42-24-10-9-23(35-20-24)8-7-22-14-17-37(18-15-22)32(39)43-33(2,3)4/h9-13,16,19-22,34H,6-8,14-15,17-18H2,1-5H3. The number of nitrogens with zero attached hydrogens (tertiary/aromatic N) is 3. The molecule has 1 aliphatic heterocycles. The molecule has 0 bridgehead atoms. The quantitative estimate of drug-likeness (QED) is 0.253. The molecule has 1 aromatic carbocycles. The first-order valence-electron chi connectivity index (χ1n) is 15.0. The molecule has 0 aliphatic carbocycles. The number of hydrogen-bond acceptors (Lipinski definition) is 7. The topological polar surface area (TPSA) is 124 Å². The summed E-state index contributed by atoms with van der Waals surface area (Å²) in [5.41, 5.74) is 1.94. The van der Waals surface area contributed by atoms with Gasteiger partial charge in [-0.05, 0) is 88.8 Å². The number of H-pyrrole nitrogens is 1. The molecular formula is C33H40N4O6S. The van der Waals surface area contributed by atoms with Gasteiger partial charge in [-0.3, -0.25) is 9.78 Å². The second-order valence-corrected chi connectivity index (χ2v) is 14.6. The molecule has 1 N–H and O–H groups in total. The fourth-order valence-corrected chi connectivity index (χ4v) is 6.39. The Bertz CT molecular complexity index is 1810. The highest BCUT2D eigenvalue weighted by atomic mass is 32.2. The minimum absolute atomic E-state index is 0.0340. The van der Waals surface area contributed by atoms with E-state index in [1.807, 2.05) is 32.9 Å². The summed E-state index contributed by atoms with van der Waals surface area (Å²) in [6.45, 7) is 8.64. The van der Waals surface area contributed by atoms with Crippen molar-refractivity contribution >= 4 is 26.8 Å². The van der Waals surface area contributed by atoms with Gasteiger partial charge in [-0.15, -0.1) is 0 Å². The number of hydrogen-bond donors (Lipinski definition) is 1. The van der Waals surface area contributed by atoms with Crippen molar-refractivity contribution in [3.63, 3.8) is 0 Å². The molecule has 0 unspecified atom stereocenters. The number of aromatic nitrogens is 3. The Kier molecular flexibility index (Phi) is 8.88. The number of nitrogens with one attached hydrogen (secondary N) is 1. The Morgan fingerprint density at radius 2 is 1.84 bits per heavy atom. The van der Waals surface area contributed by atoms with Crippen LogP contribution in [0, 0.1) is 5.92 Å². The van der Waals surface area contributed by atoms with E-state index in [-0.39, 0.29) is 22.3 Å². The highest BCUT2D eigenvalue weighted by Gasteiger charge is 2.27. The van der Waals surface area contributed by atoms with Gasteiger partial charge in [-0.25, -0.2) is 13.2 Å². The number of carbonyl (C=O) groups excluding carboxylic acids is 1. The van der Waals surface area contributed by atoms with Crippen LogP contribution in [0.2, 0.25) is 0 Å². The zero-order valence-corrected chi connectivity index (χ0v) is 26.7. The van der Waals surface area contributed by atoms with Gasteiger partial charge in [0.2, 0.25) is 0 Å². The number of benzene rings is 1. The number of rotatable bonds is 8. The van der Waals surface area contributed by atoms with Crippen molar-refractivity contribution in [2.75, 3.05) is 18.8 Å². The SMILES string of the molecule is CCS(=O)(=O)c1ccc(Oc2ccc(CCC3CCN(C(=O)OC(C)(C)C)CC3)nc2)c(-c2cn(C)c(=O)c3[nH]ccc23)c1. The van der Waals surface area contributed by atoms with E-state index in [0.717, 1.165) is 31.4 Å². The molecule has 1 saturated heterocycles. The molecule has 0 atom stereocenters. The number of sulfone groups is 1. The van der Waals surface area contributed by atoms with Gasteiger partial charge in [0.05, 0.1) is 16.8 Å². The fourth-order valence-electron chi connectivity index (χ4n) is 5.48. The van der Waals surface area contributed by atoms with Gasteiger partial charge in [-0.2, -0.15) is 0 Å². The van der Waals surface area contributed by atoms with Crippen LogP contribution in [0.1, 0.15) is 52.7 Å². The second kappa shape index (κ2) is 12.5. The molecule has 10 nitrogen and oxygen atoms in total. The molecule has 1 aliphatic rings. The van der Waals surface area contributed by atoms with E-state index in [9.17, 15) is 18.0 Å². The van der Waals surface area contributed by atoms with Gasteiger partial charge in [-0.1, -0.05) is 6.92 Å². The highest BCUT2D eigenvalue weighted by molar-refractivity contribution is 7.91. The van der Waals surface area contributed by atoms with Crippen LogP contribution >= 0.6 is 0 Å². The Morgan fingerprint density at radius 3 is 2.50 bits per heavy atom. The molecule has 1 fully saturated rings. The van der Waals surface area contributed by atoms with Crippen molar-refractivity contribution < 1.29 is 22.7 Å². The van der Waals surface area contributed by atoms with Crippen molar-refractivity contribution in [1.82, 2.24) is 19.4 Å². The summed E-state index contributed by atoms with van der Waals surface area (Å²) in [6.07, 6.45) is 8.49. The molecule has 4 aromatic rings. The molecule has 234 valence electrons.